The van der Waals surface area contributed by atoms with Crippen molar-refractivity contribution in [1.82, 2.24) is 10.3 Å². The zero-order valence-electron chi connectivity index (χ0n) is 17.1. The van der Waals surface area contributed by atoms with Crippen molar-refractivity contribution >= 4 is 27.3 Å². The van der Waals surface area contributed by atoms with Gasteiger partial charge in [-0.05, 0) is 29.1 Å². The number of carbonyl (C=O) groups excluding carboxylic acids is 1. The Kier molecular flexibility index (Phi) is 6.44. The molecule has 9 heteroatoms. The standard InChI is InChI=1S/C24H18F4N2O2S/c25-20-18(23(32)30-9-10-31)7-8-29-21(20)19-6-2-4-15-13-17(33-22(15)19)12-14-3-1-5-16(11-14)24(26,27)28/h1-8,11,13,31H,9-10,12H2,(H,30,32). The average Bonchev–Trinajstić information content (AvgIpc) is 3.20. The van der Waals surface area contributed by atoms with Crippen LogP contribution in [0, 0.1) is 5.82 Å². The van der Waals surface area contributed by atoms with E-state index in [0.717, 1.165) is 27.1 Å². The van der Waals surface area contributed by atoms with Crippen molar-refractivity contribution in [1.29, 1.82) is 0 Å². The molecule has 0 saturated heterocycles. The van der Waals surface area contributed by atoms with Crippen LogP contribution in [0.1, 0.15) is 26.4 Å². The van der Waals surface area contributed by atoms with E-state index in [-0.39, 0.29) is 24.4 Å². The van der Waals surface area contributed by atoms with E-state index in [0.29, 0.717) is 17.5 Å². The third-order valence-corrected chi connectivity index (χ3v) is 6.20. The maximum Gasteiger partial charge on any atom is 0.416 e. The molecule has 0 unspecified atom stereocenters. The van der Waals surface area contributed by atoms with E-state index >= 15 is 4.39 Å². The van der Waals surface area contributed by atoms with Crippen LogP contribution in [0.4, 0.5) is 17.6 Å². The molecule has 0 spiro atoms. The molecule has 2 N–H and O–H groups in total. The van der Waals surface area contributed by atoms with E-state index < -0.39 is 23.5 Å². The second kappa shape index (κ2) is 9.29. The van der Waals surface area contributed by atoms with Crippen molar-refractivity contribution in [2.75, 3.05) is 13.2 Å². The van der Waals surface area contributed by atoms with Gasteiger partial charge in [0.15, 0.2) is 5.82 Å². The highest BCUT2D eigenvalue weighted by atomic mass is 32.1. The monoisotopic (exact) mass is 474 g/mol. The molecule has 0 aliphatic heterocycles. The van der Waals surface area contributed by atoms with Crippen molar-refractivity contribution < 1.29 is 27.5 Å². The predicted octanol–water partition coefficient (Wildman–Crippen LogP) is 5.43. The van der Waals surface area contributed by atoms with E-state index in [1.807, 2.05) is 12.1 Å². The summed E-state index contributed by atoms with van der Waals surface area (Å²) in [5, 5.41) is 12.1. The molecule has 0 saturated carbocycles. The Hall–Kier alpha value is -3.30. The number of hydrogen-bond acceptors (Lipinski definition) is 4. The summed E-state index contributed by atoms with van der Waals surface area (Å²) in [5.41, 5.74) is 0.118. The van der Waals surface area contributed by atoms with Gasteiger partial charge in [0.25, 0.3) is 5.91 Å². The zero-order valence-corrected chi connectivity index (χ0v) is 17.9. The van der Waals surface area contributed by atoms with Crippen LogP contribution in [0.25, 0.3) is 21.3 Å². The number of rotatable bonds is 6. The Bertz CT molecular complexity index is 1320. The zero-order chi connectivity index (χ0) is 23.6. The fraction of sp³-hybridized carbons (Fsp3) is 0.167. The number of nitrogens with one attached hydrogen (secondary N) is 1. The minimum atomic E-state index is -4.42. The first kappa shape index (κ1) is 22.9. The summed E-state index contributed by atoms with van der Waals surface area (Å²) in [6.07, 6.45) is -2.79. The molecule has 0 bridgehead atoms. The number of aliphatic hydroxyl groups is 1. The molecule has 4 rings (SSSR count). The molecule has 4 aromatic rings. The lowest BCUT2D eigenvalue weighted by Gasteiger charge is -2.09. The van der Waals surface area contributed by atoms with E-state index in [2.05, 4.69) is 10.3 Å². The number of thiophene rings is 1. The normalized spacial score (nSPS) is 11.7. The lowest BCUT2D eigenvalue weighted by Crippen LogP contribution is -2.27. The first-order chi connectivity index (χ1) is 15.8. The number of aromatic nitrogens is 1. The molecular weight excluding hydrogens is 456 g/mol. The Morgan fingerprint density at radius 3 is 2.64 bits per heavy atom. The molecule has 170 valence electrons. The number of halogens is 4. The van der Waals surface area contributed by atoms with Crippen LogP contribution in [0.5, 0.6) is 0 Å². The number of aliphatic hydroxyl groups excluding tert-OH is 1. The summed E-state index contributed by atoms with van der Waals surface area (Å²) in [6, 6.07) is 13.6. The Labute approximate surface area is 190 Å². The third-order valence-electron chi connectivity index (χ3n) is 5.01. The number of fused-ring (bicyclic) bond motifs is 1. The van der Waals surface area contributed by atoms with Crippen molar-refractivity contribution in [2.45, 2.75) is 12.6 Å². The van der Waals surface area contributed by atoms with Crippen LogP contribution in [0.3, 0.4) is 0 Å². The average molecular weight is 474 g/mol. The summed E-state index contributed by atoms with van der Waals surface area (Å²) >= 11 is 1.34. The Morgan fingerprint density at radius 1 is 1.09 bits per heavy atom. The minimum absolute atomic E-state index is 0.00437. The van der Waals surface area contributed by atoms with Crippen LogP contribution >= 0.6 is 11.3 Å². The third kappa shape index (κ3) is 4.89. The lowest BCUT2D eigenvalue weighted by atomic mass is 10.0. The van der Waals surface area contributed by atoms with E-state index in [1.54, 1.807) is 18.2 Å². The number of hydrogen-bond donors (Lipinski definition) is 2. The highest BCUT2D eigenvalue weighted by Crippen LogP contribution is 2.37. The van der Waals surface area contributed by atoms with Gasteiger partial charge in [0.2, 0.25) is 0 Å². The van der Waals surface area contributed by atoms with Gasteiger partial charge in [-0.25, -0.2) is 4.39 Å². The Morgan fingerprint density at radius 2 is 1.88 bits per heavy atom. The highest BCUT2D eigenvalue weighted by molar-refractivity contribution is 7.19. The number of benzene rings is 2. The molecule has 2 aromatic heterocycles. The number of carbonyl (C=O) groups is 1. The van der Waals surface area contributed by atoms with Gasteiger partial charge >= 0.3 is 6.18 Å². The maximum atomic E-state index is 15.2. The summed E-state index contributed by atoms with van der Waals surface area (Å²) in [5.74, 6) is -1.44. The van der Waals surface area contributed by atoms with Crippen LogP contribution < -0.4 is 5.32 Å². The molecule has 0 aliphatic carbocycles. The van der Waals surface area contributed by atoms with E-state index in [4.69, 9.17) is 5.11 Å². The van der Waals surface area contributed by atoms with Crippen molar-refractivity contribution in [3.05, 3.63) is 88.2 Å². The molecule has 33 heavy (non-hydrogen) atoms. The summed E-state index contributed by atoms with van der Waals surface area (Å²) in [7, 11) is 0. The molecule has 1 amide bonds. The second-order valence-corrected chi connectivity index (χ2v) is 8.45. The quantitative estimate of drug-likeness (QED) is 0.366. The van der Waals surface area contributed by atoms with Crippen LogP contribution in [0.15, 0.2) is 60.8 Å². The summed E-state index contributed by atoms with van der Waals surface area (Å²) in [4.78, 5) is 17.2. The molecular formula is C24H18F4N2O2S. The summed E-state index contributed by atoms with van der Waals surface area (Å²) < 4.78 is 55.0. The van der Waals surface area contributed by atoms with Crippen molar-refractivity contribution in [3.8, 4) is 11.3 Å². The second-order valence-electron chi connectivity index (χ2n) is 7.31. The SMILES string of the molecule is O=C(NCCO)c1ccnc(-c2cccc3cc(Cc4cccc(C(F)(F)F)c4)sc23)c1F. The smallest absolute Gasteiger partial charge is 0.395 e. The van der Waals surface area contributed by atoms with Gasteiger partial charge < -0.3 is 10.4 Å². The molecule has 2 heterocycles. The first-order valence-electron chi connectivity index (χ1n) is 9.99. The van der Waals surface area contributed by atoms with Crippen molar-refractivity contribution in [3.63, 3.8) is 0 Å². The predicted molar refractivity (Wildman–Crippen MR) is 119 cm³/mol. The van der Waals surface area contributed by atoms with Crippen LogP contribution in [-0.4, -0.2) is 29.1 Å². The van der Waals surface area contributed by atoms with Gasteiger partial charge in [-0.1, -0.05) is 36.4 Å². The van der Waals surface area contributed by atoms with Gasteiger partial charge in [-0.15, -0.1) is 11.3 Å². The number of alkyl halides is 3. The van der Waals surface area contributed by atoms with Gasteiger partial charge in [0, 0.05) is 34.3 Å². The molecule has 0 aliphatic rings. The van der Waals surface area contributed by atoms with Crippen LogP contribution in [0.2, 0.25) is 0 Å². The summed E-state index contributed by atoms with van der Waals surface area (Å²) in [6.45, 7) is -0.274. The first-order valence-corrected chi connectivity index (χ1v) is 10.8. The molecule has 4 nitrogen and oxygen atoms in total. The highest BCUT2D eigenvalue weighted by Gasteiger charge is 2.30. The van der Waals surface area contributed by atoms with E-state index in [9.17, 15) is 18.0 Å². The number of amides is 1. The maximum absolute atomic E-state index is 15.2. The van der Waals surface area contributed by atoms with E-state index in [1.165, 1.54) is 29.7 Å². The van der Waals surface area contributed by atoms with Gasteiger partial charge in [-0.2, -0.15) is 13.2 Å². The number of nitrogens with zero attached hydrogens (tertiary/aromatic N) is 1. The van der Waals surface area contributed by atoms with Gasteiger partial charge in [-0.3, -0.25) is 9.78 Å². The fourth-order valence-corrected chi connectivity index (χ4v) is 4.73. The fourth-order valence-electron chi connectivity index (χ4n) is 3.52. The lowest BCUT2D eigenvalue weighted by molar-refractivity contribution is -0.137. The molecule has 0 atom stereocenters. The Balaban J connectivity index is 1.70. The van der Waals surface area contributed by atoms with Gasteiger partial charge in [0.1, 0.15) is 5.69 Å². The topological polar surface area (TPSA) is 62.2 Å². The molecule has 0 fully saturated rings. The van der Waals surface area contributed by atoms with Crippen LogP contribution in [-0.2, 0) is 12.6 Å². The minimum Gasteiger partial charge on any atom is -0.395 e. The van der Waals surface area contributed by atoms with Gasteiger partial charge in [0.05, 0.1) is 17.7 Å². The van der Waals surface area contributed by atoms with Crippen molar-refractivity contribution in [2.24, 2.45) is 0 Å². The number of pyridine rings is 1. The molecule has 2 aromatic carbocycles. The molecule has 0 radical (unpaired) electrons. The largest absolute Gasteiger partial charge is 0.416 e.